The summed E-state index contributed by atoms with van der Waals surface area (Å²) in [5.41, 5.74) is 5.67. The van der Waals surface area contributed by atoms with E-state index < -0.39 is 0 Å². The number of ether oxygens (including phenoxy) is 1. The van der Waals surface area contributed by atoms with Gasteiger partial charge in [-0.05, 0) is 27.2 Å². The van der Waals surface area contributed by atoms with E-state index in [1.165, 1.54) is 0 Å². The first kappa shape index (κ1) is 16.4. The molecule has 19 heavy (non-hydrogen) atoms. The number of hydrogen-bond donors (Lipinski definition) is 2. The van der Waals surface area contributed by atoms with E-state index in [9.17, 15) is 4.79 Å². The molecular formula is C14H29N3O2. The average Bonchev–Trinajstić information content (AvgIpc) is 2.37. The Hall–Kier alpha value is -0.650. The second kappa shape index (κ2) is 7.82. The van der Waals surface area contributed by atoms with E-state index in [2.05, 4.69) is 24.1 Å². The number of morpholine rings is 1. The zero-order chi connectivity index (χ0) is 14.4. The SMILES string of the molecule is CCCC(C)NC(=O)C(C)N1CC(C)OC(CN)C1. The normalized spacial score (nSPS) is 27.8. The average molecular weight is 271 g/mol. The van der Waals surface area contributed by atoms with Crippen LogP contribution in [0.5, 0.6) is 0 Å². The van der Waals surface area contributed by atoms with Crippen molar-refractivity contribution < 1.29 is 9.53 Å². The van der Waals surface area contributed by atoms with E-state index >= 15 is 0 Å². The Labute approximate surface area is 116 Å². The van der Waals surface area contributed by atoms with Crippen molar-refractivity contribution in [3.05, 3.63) is 0 Å². The van der Waals surface area contributed by atoms with Crippen molar-refractivity contribution in [2.24, 2.45) is 5.73 Å². The van der Waals surface area contributed by atoms with Crippen LogP contribution in [0.2, 0.25) is 0 Å². The third-order valence-electron chi connectivity index (χ3n) is 3.65. The smallest absolute Gasteiger partial charge is 0.237 e. The highest BCUT2D eigenvalue weighted by atomic mass is 16.5. The summed E-state index contributed by atoms with van der Waals surface area (Å²) in [5, 5.41) is 3.07. The molecule has 0 spiro atoms. The minimum absolute atomic E-state index is 0.0343. The van der Waals surface area contributed by atoms with E-state index in [4.69, 9.17) is 10.5 Å². The lowest BCUT2D eigenvalue weighted by atomic mass is 10.1. The zero-order valence-electron chi connectivity index (χ0n) is 12.7. The van der Waals surface area contributed by atoms with Gasteiger partial charge >= 0.3 is 0 Å². The Balaban J connectivity index is 2.50. The molecule has 0 aromatic carbocycles. The maximum absolute atomic E-state index is 12.2. The Morgan fingerprint density at radius 3 is 2.74 bits per heavy atom. The third kappa shape index (κ3) is 5.09. The van der Waals surface area contributed by atoms with Crippen molar-refractivity contribution in [2.75, 3.05) is 19.6 Å². The maximum atomic E-state index is 12.2. The number of nitrogens with two attached hydrogens (primary N) is 1. The molecule has 112 valence electrons. The molecule has 1 fully saturated rings. The van der Waals surface area contributed by atoms with Gasteiger partial charge in [0.15, 0.2) is 0 Å². The van der Waals surface area contributed by atoms with Crippen LogP contribution in [0.4, 0.5) is 0 Å². The first-order valence-corrected chi connectivity index (χ1v) is 7.37. The van der Waals surface area contributed by atoms with Gasteiger partial charge in [0.05, 0.1) is 18.2 Å². The van der Waals surface area contributed by atoms with Crippen LogP contribution in [-0.2, 0) is 9.53 Å². The molecule has 0 aromatic heterocycles. The quantitative estimate of drug-likeness (QED) is 0.747. The number of carbonyl (C=O) groups is 1. The molecule has 4 unspecified atom stereocenters. The lowest BCUT2D eigenvalue weighted by Gasteiger charge is -2.39. The summed E-state index contributed by atoms with van der Waals surface area (Å²) in [5.74, 6) is 0.103. The van der Waals surface area contributed by atoms with Crippen LogP contribution >= 0.6 is 0 Å². The highest BCUT2D eigenvalue weighted by molar-refractivity contribution is 5.81. The highest BCUT2D eigenvalue weighted by Crippen LogP contribution is 2.13. The maximum Gasteiger partial charge on any atom is 0.237 e. The third-order valence-corrected chi connectivity index (χ3v) is 3.65. The summed E-state index contributed by atoms with van der Waals surface area (Å²) in [7, 11) is 0. The molecule has 0 saturated carbocycles. The summed E-state index contributed by atoms with van der Waals surface area (Å²) >= 11 is 0. The van der Waals surface area contributed by atoms with Crippen molar-refractivity contribution in [3.8, 4) is 0 Å². The summed E-state index contributed by atoms with van der Waals surface area (Å²) in [6, 6.07) is 0.114. The minimum Gasteiger partial charge on any atom is -0.371 e. The van der Waals surface area contributed by atoms with Crippen LogP contribution in [0.1, 0.15) is 40.5 Å². The highest BCUT2D eigenvalue weighted by Gasteiger charge is 2.30. The van der Waals surface area contributed by atoms with Crippen LogP contribution in [0.25, 0.3) is 0 Å². The Bertz CT molecular complexity index is 286. The van der Waals surface area contributed by atoms with Crippen LogP contribution < -0.4 is 11.1 Å². The van der Waals surface area contributed by atoms with Gasteiger partial charge in [-0.2, -0.15) is 0 Å². The van der Waals surface area contributed by atoms with Crippen LogP contribution in [0.3, 0.4) is 0 Å². The molecule has 1 saturated heterocycles. The number of amides is 1. The fourth-order valence-electron chi connectivity index (χ4n) is 2.56. The molecule has 1 aliphatic rings. The van der Waals surface area contributed by atoms with E-state index in [0.29, 0.717) is 6.54 Å². The van der Waals surface area contributed by atoms with Crippen molar-refractivity contribution >= 4 is 5.91 Å². The number of rotatable bonds is 6. The minimum atomic E-state index is -0.125. The van der Waals surface area contributed by atoms with E-state index in [0.717, 1.165) is 25.9 Å². The molecule has 4 atom stereocenters. The first-order chi connectivity index (χ1) is 8.97. The number of nitrogens with one attached hydrogen (secondary N) is 1. The molecule has 0 aliphatic carbocycles. The zero-order valence-corrected chi connectivity index (χ0v) is 12.7. The predicted octanol–water partition coefficient (Wildman–Crippen LogP) is 0.728. The fraction of sp³-hybridized carbons (Fsp3) is 0.929. The Morgan fingerprint density at radius 2 is 2.16 bits per heavy atom. The topological polar surface area (TPSA) is 67.6 Å². The molecule has 0 radical (unpaired) electrons. The fourth-order valence-corrected chi connectivity index (χ4v) is 2.56. The standard InChI is InChI=1S/C14H29N3O2/c1-5-6-10(2)16-14(18)12(4)17-8-11(3)19-13(7-15)9-17/h10-13H,5-9,15H2,1-4H3,(H,16,18). The second-order valence-corrected chi connectivity index (χ2v) is 5.63. The van der Waals surface area contributed by atoms with Crippen molar-refractivity contribution in [2.45, 2.75) is 64.8 Å². The van der Waals surface area contributed by atoms with Gasteiger partial charge in [-0.25, -0.2) is 0 Å². The second-order valence-electron chi connectivity index (χ2n) is 5.63. The van der Waals surface area contributed by atoms with Crippen molar-refractivity contribution in [1.82, 2.24) is 10.2 Å². The molecule has 1 amide bonds. The summed E-state index contributed by atoms with van der Waals surface area (Å²) in [6.07, 6.45) is 2.26. The summed E-state index contributed by atoms with van der Waals surface area (Å²) < 4.78 is 5.72. The van der Waals surface area contributed by atoms with Crippen LogP contribution in [0.15, 0.2) is 0 Å². The molecule has 5 heteroatoms. The van der Waals surface area contributed by atoms with Gasteiger partial charge in [-0.1, -0.05) is 13.3 Å². The van der Waals surface area contributed by atoms with Crippen LogP contribution in [-0.4, -0.2) is 54.7 Å². The number of hydrogen-bond acceptors (Lipinski definition) is 4. The summed E-state index contributed by atoms with van der Waals surface area (Å²) in [4.78, 5) is 14.4. The molecule has 0 bridgehead atoms. The predicted molar refractivity (Wildman–Crippen MR) is 76.9 cm³/mol. The lowest BCUT2D eigenvalue weighted by molar-refractivity contribution is -0.132. The van der Waals surface area contributed by atoms with Gasteiger partial charge in [0.2, 0.25) is 5.91 Å². The van der Waals surface area contributed by atoms with E-state index in [1.807, 2.05) is 13.8 Å². The molecular weight excluding hydrogens is 242 g/mol. The van der Waals surface area contributed by atoms with Gasteiger partial charge in [0.25, 0.3) is 0 Å². The Kier molecular flexibility index (Phi) is 6.75. The van der Waals surface area contributed by atoms with Gasteiger partial charge in [0.1, 0.15) is 0 Å². The molecule has 3 N–H and O–H groups in total. The Morgan fingerprint density at radius 1 is 1.47 bits per heavy atom. The number of nitrogens with zero attached hydrogens (tertiary/aromatic N) is 1. The summed E-state index contributed by atoms with van der Waals surface area (Å²) in [6.45, 7) is 10.2. The van der Waals surface area contributed by atoms with Gasteiger partial charge in [-0.3, -0.25) is 9.69 Å². The van der Waals surface area contributed by atoms with Crippen molar-refractivity contribution in [3.63, 3.8) is 0 Å². The molecule has 1 aliphatic heterocycles. The molecule has 0 aromatic rings. The molecule has 1 rings (SSSR count). The van der Waals surface area contributed by atoms with Crippen molar-refractivity contribution in [1.29, 1.82) is 0 Å². The number of carbonyl (C=O) groups excluding carboxylic acids is 1. The van der Waals surface area contributed by atoms with E-state index in [-0.39, 0.29) is 30.2 Å². The monoisotopic (exact) mass is 271 g/mol. The largest absolute Gasteiger partial charge is 0.371 e. The van der Waals surface area contributed by atoms with Gasteiger partial charge in [0, 0.05) is 25.7 Å². The van der Waals surface area contributed by atoms with E-state index in [1.54, 1.807) is 0 Å². The lowest BCUT2D eigenvalue weighted by Crippen LogP contribution is -2.56. The van der Waals surface area contributed by atoms with Gasteiger partial charge in [-0.15, -0.1) is 0 Å². The first-order valence-electron chi connectivity index (χ1n) is 7.37. The van der Waals surface area contributed by atoms with Gasteiger partial charge < -0.3 is 15.8 Å². The molecule has 5 nitrogen and oxygen atoms in total. The molecule has 1 heterocycles. The van der Waals surface area contributed by atoms with Crippen LogP contribution in [0, 0.1) is 0 Å².